The van der Waals surface area contributed by atoms with Gasteiger partial charge in [0.2, 0.25) is 10.0 Å². The number of nitrogens with zero attached hydrogens (tertiary/aromatic N) is 2. The number of fused-ring (bicyclic) bond motifs is 2. The van der Waals surface area contributed by atoms with Gasteiger partial charge in [-0.2, -0.15) is 4.31 Å². The number of carbonyl (C=O) groups excluding carboxylic acids is 1. The van der Waals surface area contributed by atoms with Crippen molar-refractivity contribution in [2.75, 3.05) is 25.0 Å². The Morgan fingerprint density at radius 2 is 1.73 bits per heavy atom. The summed E-state index contributed by atoms with van der Waals surface area (Å²) >= 11 is 3.31. The third-order valence-electron chi connectivity index (χ3n) is 8.05. The minimum atomic E-state index is -3.56. The second-order valence-electron chi connectivity index (χ2n) is 11.0. The van der Waals surface area contributed by atoms with Crippen molar-refractivity contribution >= 4 is 53.8 Å². The minimum Gasteiger partial charge on any atom is -0.328 e. The molecule has 2 aliphatic heterocycles. The standard InChI is InChI=1S/C30H34N4O3S3/c1-20(2)33-18-15-23-26(19-33)39-30(27(23)29-31-24-9-5-6-10-25(24)38-29)32-28(35)21-11-13-22(14-12-21)40(36,37)34-16-7-3-4-8-17-34/h5-6,9-14,20H,3-4,7-8,15-19H2,1-2H3,(H,32,35)/p+1. The van der Waals surface area contributed by atoms with E-state index < -0.39 is 10.0 Å². The average molecular weight is 596 g/mol. The van der Waals surface area contributed by atoms with Crippen LogP contribution in [0.2, 0.25) is 0 Å². The summed E-state index contributed by atoms with van der Waals surface area (Å²) in [7, 11) is -3.56. The molecule has 2 aliphatic rings. The van der Waals surface area contributed by atoms with Crippen molar-refractivity contribution < 1.29 is 18.1 Å². The second-order valence-corrected chi connectivity index (χ2v) is 15.1. The molecule has 2 aromatic carbocycles. The molecular weight excluding hydrogens is 561 g/mol. The highest BCUT2D eigenvalue weighted by molar-refractivity contribution is 7.89. The number of sulfonamides is 1. The zero-order chi connectivity index (χ0) is 27.9. The summed E-state index contributed by atoms with van der Waals surface area (Å²) in [5.74, 6) is -0.243. The van der Waals surface area contributed by atoms with Gasteiger partial charge < -0.3 is 10.2 Å². The van der Waals surface area contributed by atoms with Crippen molar-refractivity contribution in [3.8, 4) is 10.6 Å². The minimum absolute atomic E-state index is 0.240. The van der Waals surface area contributed by atoms with E-state index >= 15 is 0 Å². The number of nitrogens with one attached hydrogen (secondary N) is 2. The van der Waals surface area contributed by atoms with Crippen LogP contribution in [-0.4, -0.2) is 49.3 Å². The highest BCUT2D eigenvalue weighted by Crippen LogP contribution is 2.44. The molecule has 1 saturated heterocycles. The van der Waals surface area contributed by atoms with Crippen LogP contribution in [-0.2, 0) is 23.0 Å². The summed E-state index contributed by atoms with van der Waals surface area (Å²) in [5.41, 5.74) is 3.73. The molecule has 0 bridgehead atoms. The van der Waals surface area contributed by atoms with Gasteiger partial charge in [-0.25, -0.2) is 13.4 Å². The number of para-hydroxylation sites is 1. The van der Waals surface area contributed by atoms with E-state index in [-0.39, 0.29) is 10.8 Å². The molecule has 1 atom stereocenters. The molecule has 2 aromatic heterocycles. The third-order valence-corrected chi connectivity index (χ3v) is 12.2. The number of anilines is 1. The summed E-state index contributed by atoms with van der Waals surface area (Å²) in [6, 6.07) is 15.0. The van der Waals surface area contributed by atoms with Gasteiger partial charge in [0.15, 0.2) is 0 Å². The Kier molecular flexibility index (Phi) is 7.80. The molecule has 7 nitrogen and oxygen atoms in total. The fraction of sp³-hybridized carbons (Fsp3) is 0.400. The van der Waals surface area contributed by atoms with E-state index in [2.05, 4.69) is 25.2 Å². The first-order chi connectivity index (χ1) is 19.3. The molecule has 2 N–H and O–H groups in total. The van der Waals surface area contributed by atoms with Crippen LogP contribution in [0, 0.1) is 0 Å². The van der Waals surface area contributed by atoms with E-state index in [0.29, 0.717) is 24.7 Å². The van der Waals surface area contributed by atoms with Gasteiger partial charge in [-0.15, -0.1) is 22.7 Å². The SMILES string of the molecule is CC(C)[NH+]1CCc2c(sc(NC(=O)c3ccc(S(=O)(=O)N4CCCCCC4)cc3)c2-c2nc3ccccc3s2)C1. The number of benzene rings is 2. The van der Waals surface area contributed by atoms with Crippen molar-refractivity contribution in [1.82, 2.24) is 9.29 Å². The Labute approximate surface area is 243 Å². The van der Waals surface area contributed by atoms with Gasteiger partial charge in [0.05, 0.1) is 32.6 Å². The normalized spacial score (nSPS) is 18.5. The van der Waals surface area contributed by atoms with E-state index in [0.717, 1.165) is 71.0 Å². The summed E-state index contributed by atoms with van der Waals surface area (Å²) in [5, 5.41) is 4.93. The van der Waals surface area contributed by atoms with Crippen molar-refractivity contribution in [3.05, 3.63) is 64.5 Å². The van der Waals surface area contributed by atoms with E-state index in [9.17, 15) is 13.2 Å². The average Bonchev–Trinajstić information content (AvgIpc) is 3.41. The van der Waals surface area contributed by atoms with Crippen LogP contribution in [0.25, 0.3) is 20.8 Å². The molecule has 4 heterocycles. The predicted octanol–water partition coefficient (Wildman–Crippen LogP) is 5.19. The lowest BCUT2D eigenvalue weighted by Crippen LogP contribution is -3.14. The van der Waals surface area contributed by atoms with Crippen LogP contribution in [0.1, 0.15) is 60.3 Å². The maximum atomic E-state index is 13.5. The quantitative estimate of drug-likeness (QED) is 0.321. The second kappa shape index (κ2) is 11.3. The van der Waals surface area contributed by atoms with Crippen LogP contribution in [0.5, 0.6) is 0 Å². The molecule has 40 heavy (non-hydrogen) atoms. The largest absolute Gasteiger partial charge is 0.328 e. The van der Waals surface area contributed by atoms with Gasteiger partial charge in [-0.3, -0.25) is 4.79 Å². The summed E-state index contributed by atoms with van der Waals surface area (Å²) in [6.07, 6.45) is 4.85. The summed E-state index contributed by atoms with van der Waals surface area (Å²) in [4.78, 5) is 21.5. The van der Waals surface area contributed by atoms with Crippen molar-refractivity contribution in [2.45, 2.75) is 63.4 Å². The van der Waals surface area contributed by atoms with Gasteiger partial charge in [-0.1, -0.05) is 25.0 Å². The lowest BCUT2D eigenvalue weighted by atomic mass is 10.0. The molecule has 1 unspecified atom stereocenters. The Morgan fingerprint density at radius 1 is 1.00 bits per heavy atom. The number of amides is 1. The molecule has 10 heteroatoms. The number of thiazole rings is 1. The van der Waals surface area contributed by atoms with Crippen molar-refractivity contribution in [2.24, 2.45) is 0 Å². The Balaban J connectivity index is 1.29. The molecule has 4 aromatic rings. The number of rotatable bonds is 6. The number of hydrogen-bond donors (Lipinski definition) is 2. The molecule has 210 valence electrons. The molecule has 0 saturated carbocycles. The van der Waals surface area contributed by atoms with E-state index in [1.807, 2.05) is 18.2 Å². The third kappa shape index (κ3) is 5.35. The molecule has 1 amide bonds. The first-order valence-electron chi connectivity index (χ1n) is 14.1. The molecule has 0 radical (unpaired) electrons. The predicted molar refractivity (Wildman–Crippen MR) is 163 cm³/mol. The van der Waals surface area contributed by atoms with E-state index in [1.165, 1.54) is 10.4 Å². The molecule has 6 rings (SSSR count). The van der Waals surface area contributed by atoms with Crippen molar-refractivity contribution in [3.63, 3.8) is 0 Å². The number of thiophene rings is 1. The molecular formula is C30H35N4O3S3+. The molecule has 0 spiro atoms. The summed E-state index contributed by atoms with van der Waals surface area (Å²) in [6.45, 7) is 7.61. The van der Waals surface area contributed by atoms with Gasteiger partial charge >= 0.3 is 0 Å². The summed E-state index contributed by atoms with van der Waals surface area (Å²) < 4.78 is 29.1. The van der Waals surface area contributed by atoms with Gasteiger partial charge in [0, 0.05) is 30.6 Å². The number of aromatic nitrogens is 1. The smallest absolute Gasteiger partial charge is 0.256 e. The Morgan fingerprint density at radius 3 is 2.42 bits per heavy atom. The van der Waals surface area contributed by atoms with Crippen LogP contribution in [0.15, 0.2) is 53.4 Å². The van der Waals surface area contributed by atoms with Crippen molar-refractivity contribution in [1.29, 1.82) is 0 Å². The Hall–Kier alpha value is -2.63. The van der Waals surface area contributed by atoms with E-state index in [4.69, 9.17) is 4.98 Å². The molecule has 1 fully saturated rings. The zero-order valence-corrected chi connectivity index (χ0v) is 25.4. The van der Waals surface area contributed by atoms with Crippen LogP contribution < -0.4 is 10.2 Å². The monoisotopic (exact) mass is 595 g/mol. The highest BCUT2D eigenvalue weighted by atomic mass is 32.2. The lowest BCUT2D eigenvalue weighted by molar-refractivity contribution is -0.936. The van der Waals surface area contributed by atoms with Crippen LogP contribution >= 0.6 is 22.7 Å². The first kappa shape index (κ1) is 27.5. The number of carbonyl (C=O) groups is 1. The first-order valence-corrected chi connectivity index (χ1v) is 17.1. The van der Waals surface area contributed by atoms with Gasteiger partial charge in [0.1, 0.15) is 16.6 Å². The van der Waals surface area contributed by atoms with Crippen LogP contribution in [0.4, 0.5) is 5.00 Å². The maximum Gasteiger partial charge on any atom is 0.256 e. The zero-order valence-electron chi connectivity index (χ0n) is 22.9. The Bertz CT molecular complexity index is 1600. The number of quaternary nitrogens is 1. The fourth-order valence-corrected chi connectivity index (χ4v) is 9.59. The van der Waals surface area contributed by atoms with Gasteiger partial charge in [-0.05, 0) is 68.7 Å². The maximum absolute atomic E-state index is 13.5. The highest BCUT2D eigenvalue weighted by Gasteiger charge is 2.31. The number of hydrogen-bond acceptors (Lipinski definition) is 6. The van der Waals surface area contributed by atoms with Gasteiger partial charge in [0.25, 0.3) is 5.91 Å². The van der Waals surface area contributed by atoms with E-state index in [1.54, 1.807) is 56.1 Å². The topological polar surface area (TPSA) is 83.8 Å². The lowest BCUT2D eigenvalue weighted by Gasteiger charge is -2.27. The molecule has 0 aliphatic carbocycles. The fourth-order valence-electron chi connectivity index (χ4n) is 5.67. The van der Waals surface area contributed by atoms with Crippen LogP contribution in [0.3, 0.4) is 0 Å².